The maximum atomic E-state index is 10.9. The van der Waals surface area contributed by atoms with E-state index in [1.54, 1.807) is 0 Å². The summed E-state index contributed by atoms with van der Waals surface area (Å²) in [6.45, 7) is 5.02. The van der Waals surface area contributed by atoms with Crippen LogP contribution in [0.3, 0.4) is 0 Å². The second-order valence-electron chi connectivity index (χ2n) is 6.70. The number of aryl methyl sites for hydroxylation is 2. The number of ether oxygens (including phenoxy) is 1. The van der Waals surface area contributed by atoms with Crippen LogP contribution in [0.15, 0.2) is 18.2 Å². The molecule has 0 aliphatic carbocycles. The molecular formula is C18H26O2S. The van der Waals surface area contributed by atoms with Crippen molar-refractivity contribution in [1.29, 1.82) is 0 Å². The van der Waals surface area contributed by atoms with Crippen LogP contribution >= 0.6 is 11.8 Å². The first-order chi connectivity index (χ1) is 10.1. The second kappa shape index (κ2) is 6.31. The van der Waals surface area contributed by atoms with Gasteiger partial charge in [-0.1, -0.05) is 23.8 Å². The number of hydrogen-bond donors (Lipinski definition) is 1. The van der Waals surface area contributed by atoms with E-state index in [-0.39, 0.29) is 11.7 Å². The Labute approximate surface area is 132 Å². The summed E-state index contributed by atoms with van der Waals surface area (Å²) in [6.07, 6.45) is 3.94. The molecule has 2 fully saturated rings. The van der Waals surface area contributed by atoms with Gasteiger partial charge in [-0.25, -0.2) is 0 Å². The molecule has 1 aromatic rings. The highest BCUT2D eigenvalue weighted by Crippen LogP contribution is 2.43. The van der Waals surface area contributed by atoms with Gasteiger partial charge in [-0.15, -0.1) is 0 Å². The van der Waals surface area contributed by atoms with Crippen LogP contribution in [0.5, 0.6) is 0 Å². The molecule has 0 aromatic heterocycles. The van der Waals surface area contributed by atoms with Crippen LogP contribution in [0, 0.1) is 19.8 Å². The van der Waals surface area contributed by atoms with E-state index >= 15 is 0 Å². The number of thioether (sulfide) groups is 1. The first kappa shape index (κ1) is 15.4. The van der Waals surface area contributed by atoms with E-state index in [1.807, 2.05) is 11.8 Å². The lowest BCUT2D eigenvalue weighted by atomic mass is 9.77. The number of hydrogen-bond acceptors (Lipinski definition) is 3. The minimum absolute atomic E-state index is 0.0494. The smallest absolute Gasteiger partial charge is 0.0822 e. The lowest BCUT2D eigenvalue weighted by Crippen LogP contribution is -2.44. The molecule has 1 spiro atoms. The van der Waals surface area contributed by atoms with Gasteiger partial charge in [0.05, 0.1) is 11.7 Å². The minimum atomic E-state index is -0.346. The van der Waals surface area contributed by atoms with Gasteiger partial charge in [0.2, 0.25) is 0 Å². The van der Waals surface area contributed by atoms with Crippen molar-refractivity contribution in [2.75, 3.05) is 18.1 Å². The highest BCUT2D eigenvalue weighted by Gasteiger charge is 2.41. The fourth-order valence-corrected chi connectivity index (χ4v) is 5.08. The zero-order valence-corrected chi connectivity index (χ0v) is 13.9. The minimum Gasteiger partial charge on any atom is -0.388 e. The van der Waals surface area contributed by atoms with Crippen LogP contribution < -0.4 is 0 Å². The quantitative estimate of drug-likeness (QED) is 0.894. The fourth-order valence-electron chi connectivity index (χ4n) is 3.84. The molecule has 2 nitrogen and oxygen atoms in total. The highest BCUT2D eigenvalue weighted by atomic mass is 32.2. The number of rotatable bonds is 2. The first-order valence-electron chi connectivity index (χ1n) is 8.07. The summed E-state index contributed by atoms with van der Waals surface area (Å²) in [7, 11) is 0. The van der Waals surface area contributed by atoms with Crippen LogP contribution in [0.1, 0.15) is 48.5 Å². The lowest BCUT2D eigenvalue weighted by Gasteiger charge is -2.44. The average Bonchev–Trinajstić information content (AvgIpc) is 2.47. The van der Waals surface area contributed by atoms with Gasteiger partial charge in [-0.3, -0.25) is 0 Å². The molecule has 2 saturated heterocycles. The Hall–Kier alpha value is -0.510. The normalized spacial score (nSPS) is 26.7. The molecule has 3 rings (SSSR count). The summed E-state index contributed by atoms with van der Waals surface area (Å²) in [5.41, 5.74) is 3.62. The second-order valence-corrected chi connectivity index (χ2v) is 7.93. The van der Waals surface area contributed by atoms with Crippen molar-refractivity contribution < 1.29 is 9.84 Å². The summed E-state index contributed by atoms with van der Waals surface area (Å²) >= 11 is 2.03. The first-order valence-corrected chi connectivity index (χ1v) is 9.22. The molecule has 2 heterocycles. The van der Waals surface area contributed by atoms with Gasteiger partial charge in [-0.05, 0) is 68.1 Å². The molecule has 2 aliphatic heterocycles. The molecule has 0 bridgehead atoms. The van der Waals surface area contributed by atoms with Gasteiger partial charge in [-0.2, -0.15) is 11.8 Å². The Morgan fingerprint density at radius 3 is 2.76 bits per heavy atom. The van der Waals surface area contributed by atoms with Crippen LogP contribution in [0.25, 0.3) is 0 Å². The Balaban J connectivity index is 1.76. The van der Waals surface area contributed by atoms with Gasteiger partial charge in [0, 0.05) is 6.61 Å². The molecule has 116 valence electrons. The average molecular weight is 306 g/mol. The lowest BCUT2D eigenvalue weighted by molar-refractivity contribution is -0.121. The van der Waals surface area contributed by atoms with Crippen LogP contribution in [0.2, 0.25) is 0 Å². The Morgan fingerprint density at radius 2 is 2.05 bits per heavy atom. The third-order valence-electron chi connectivity index (χ3n) is 5.13. The van der Waals surface area contributed by atoms with Crippen molar-refractivity contribution in [2.45, 2.75) is 51.2 Å². The molecule has 1 aromatic carbocycles. The Morgan fingerprint density at radius 1 is 1.29 bits per heavy atom. The Bertz CT molecular complexity index is 488. The number of aliphatic hydroxyl groups excluding tert-OH is 1. The molecule has 0 saturated carbocycles. The topological polar surface area (TPSA) is 29.5 Å². The third-order valence-corrected chi connectivity index (χ3v) is 6.11. The van der Waals surface area contributed by atoms with Crippen LogP contribution in [-0.2, 0) is 4.74 Å². The largest absolute Gasteiger partial charge is 0.388 e. The molecule has 21 heavy (non-hydrogen) atoms. The summed E-state index contributed by atoms with van der Waals surface area (Å²) in [5, 5.41) is 10.9. The maximum absolute atomic E-state index is 10.9. The van der Waals surface area contributed by atoms with Crippen LogP contribution in [0.4, 0.5) is 0 Å². The maximum Gasteiger partial charge on any atom is 0.0822 e. The van der Waals surface area contributed by atoms with E-state index in [0.29, 0.717) is 5.92 Å². The standard InChI is InChI=1S/C18H26O2S/c1-13-3-4-16(14(2)11-13)17(19)15-5-8-20-18(12-15)6-9-21-10-7-18/h3-4,11,15,17,19H,5-10,12H2,1-2H3. The van der Waals surface area contributed by atoms with Crippen molar-refractivity contribution in [3.05, 3.63) is 34.9 Å². The van der Waals surface area contributed by atoms with E-state index in [1.165, 1.54) is 22.6 Å². The summed E-state index contributed by atoms with van der Waals surface area (Å²) < 4.78 is 6.15. The Kier molecular flexibility index (Phi) is 4.63. The molecule has 2 unspecified atom stereocenters. The predicted molar refractivity (Wildman–Crippen MR) is 88.8 cm³/mol. The SMILES string of the molecule is Cc1ccc(C(O)C2CCOC3(CCSCC3)C2)c(C)c1. The summed E-state index contributed by atoms with van der Waals surface area (Å²) in [5.74, 6) is 2.74. The van der Waals surface area contributed by atoms with Crippen molar-refractivity contribution in [2.24, 2.45) is 5.92 Å². The number of aliphatic hydroxyl groups is 1. The fraction of sp³-hybridized carbons (Fsp3) is 0.667. The zero-order valence-electron chi connectivity index (χ0n) is 13.1. The van der Waals surface area contributed by atoms with Gasteiger partial charge in [0.15, 0.2) is 0 Å². The molecule has 1 N–H and O–H groups in total. The van der Waals surface area contributed by atoms with Crippen molar-refractivity contribution >= 4 is 11.8 Å². The highest BCUT2D eigenvalue weighted by molar-refractivity contribution is 7.99. The van der Waals surface area contributed by atoms with E-state index < -0.39 is 0 Å². The van der Waals surface area contributed by atoms with Gasteiger partial charge >= 0.3 is 0 Å². The van der Waals surface area contributed by atoms with E-state index in [2.05, 4.69) is 32.0 Å². The molecule has 2 atom stereocenters. The van der Waals surface area contributed by atoms with Gasteiger partial charge < -0.3 is 9.84 Å². The van der Waals surface area contributed by atoms with Gasteiger partial charge in [0.1, 0.15) is 0 Å². The molecule has 3 heteroatoms. The van der Waals surface area contributed by atoms with E-state index in [4.69, 9.17) is 4.74 Å². The molecule has 0 radical (unpaired) electrons. The van der Waals surface area contributed by atoms with Gasteiger partial charge in [0.25, 0.3) is 0 Å². The van der Waals surface area contributed by atoms with Crippen LogP contribution in [-0.4, -0.2) is 28.8 Å². The molecule has 0 amide bonds. The predicted octanol–water partition coefficient (Wildman–Crippen LogP) is 4.03. The molecule has 2 aliphatic rings. The zero-order chi connectivity index (χ0) is 14.9. The van der Waals surface area contributed by atoms with Crippen molar-refractivity contribution in [3.63, 3.8) is 0 Å². The van der Waals surface area contributed by atoms with E-state index in [9.17, 15) is 5.11 Å². The summed E-state index contributed by atoms with van der Waals surface area (Å²) in [4.78, 5) is 0. The third kappa shape index (κ3) is 3.30. The number of benzene rings is 1. The van der Waals surface area contributed by atoms with E-state index in [0.717, 1.165) is 37.9 Å². The molecular weight excluding hydrogens is 280 g/mol. The summed E-state index contributed by atoms with van der Waals surface area (Å²) in [6, 6.07) is 6.39. The monoisotopic (exact) mass is 306 g/mol. The van der Waals surface area contributed by atoms with Crippen molar-refractivity contribution in [1.82, 2.24) is 0 Å². The van der Waals surface area contributed by atoms with Crippen molar-refractivity contribution in [3.8, 4) is 0 Å².